The van der Waals surface area contributed by atoms with Crippen LogP contribution in [0.2, 0.25) is 5.02 Å². The SMILES string of the molecule is COc1ccc(OCCNC(=O)CC(=O)Nc2ccc(OC)c(Cl)c2)cc1. The third-order valence-corrected chi connectivity index (χ3v) is 3.80. The Morgan fingerprint density at radius 3 is 2.30 bits per heavy atom. The van der Waals surface area contributed by atoms with Crippen LogP contribution < -0.4 is 24.8 Å². The molecule has 0 fully saturated rings. The van der Waals surface area contributed by atoms with Gasteiger partial charge in [-0.3, -0.25) is 9.59 Å². The predicted molar refractivity (Wildman–Crippen MR) is 103 cm³/mol. The molecule has 0 unspecified atom stereocenters. The molecular weight excluding hydrogens is 372 g/mol. The molecule has 0 aliphatic heterocycles. The van der Waals surface area contributed by atoms with Gasteiger partial charge in [0.05, 0.1) is 25.8 Å². The van der Waals surface area contributed by atoms with Gasteiger partial charge in [0, 0.05) is 5.69 Å². The number of halogens is 1. The fourth-order valence-corrected chi connectivity index (χ4v) is 2.45. The summed E-state index contributed by atoms with van der Waals surface area (Å²) in [5, 5.41) is 5.61. The number of benzene rings is 2. The average Bonchev–Trinajstić information content (AvgIpc) is 2.65. The zero-order chi connectivity index (χ0) is 19.6. The number of rotatable bonds is 9. The van der Waals surface area contributed by atoms with Crippen molar-refractivity contribution < 1.29 is 23.8 Å². The van der Waals surface area contributed by atoms with Crippen LogP contribution >= 0.6 is 11.6 Å². The van der Waals surface area contributed by atoms with E-state index in [4.69, 9.17) is 25.8 Å². The van der Waals surface area contributed by atoms with E-state index < -0.39 is 11.8 Å². The van der Waals surface area contributed by atoms with Crippen LogP contribution in [0.3, 0.4) is 0 Å². The summed E-state index contributed by atoms with van der Waals surface area (Å²) in [4.78, 5) is 23.7. The summed E-state index contributed by atoms with van der Waals surface area (Å²) < 4.78 is 15.6. The Morgan fingerprint density at radius 2 is 1.67 bits per heavy atom. The Morgan fingerprint density at radius 1 is 0.963 bits per heavy atom. The fraction of sp³-hybridized carbons (Fsp3) is 0.263. The van der Waals surface area contributed by atoms with E-state index in [-0.39, 0.29) is 19.6 Å². The maximum Gasteiger partial charge on any atom is 0.233 e. The average molecular weight is 393 g/mol. The number of carbonyl (C=O) groups excluding carboxylic acids is 2. The van der Waals surface area contributed by atoms with Gasteiger partial charge in [0.25, 0.3) is 0 Å². The molecule has 2 amide bonds. The van der Waals surface area contributed by atoms with Crippen molar-refractivity contribution in [3.8, 4) is 17.2 Å². The second kappa shape index (κ2) is 10.3. The van der Waals surface area contributed by atoms with Crippen molar-refractivity contribution in [3.63, 3.8) is 0 Å². The molecule has 0 saturated carbocycles. The highest BCUT2D eigenvalue weighted by Crippen LogP contribution is 2.27. The Bertz CT molecular complexity index is 780. The minimum absolute atomic E-state index is 0.284. The minimum Gasteiger partial charge on any atom is -0.497 e. The summed E-state index contributed by atoms with van der Waals surface area (Å²) in [7, 11) is 3.09. The van der Waals surface area contributed by atoms with Gasteiger partial charge in [0.15, 0.2) is 0 Å². The van der Waals surface area contributed by atoms with Crippen LogP contribution in [0.1, 0.15) is 6.42 Å². The summed E-state index contributed by atoms with van der Waals surface area (Å²) in [6, 6.07) is 11.9. The van der Waals surface area contributed by atoms with E-state index in [1.54, 1.807) is 49.6 Å². The summed E-state index contributed by atoms with van der Waals surface area (Å²) >= 11 is 5.99. The van der Waals surface area contributed by atoms with Crippen molar-refractivity contribution in [2.75, 3.05) is 32.7 Å². The first-order chi connectivity index (χ1) is 13.0. The van der Waals surface area contributed by atoms with Gasteiger partial charge >= 0.3 is 0 Å². The van der Waals surface area contributed by atoms with Crippen molar-refractivity contribution in [2.45, 2.75) is 6.42 Å². The largest absolute Gasteiger partial charge is 0.497 e. The summed E-state index contributed by atoms with van der Waals surface area (Å²) in [5.41, 5.74) is 0.487. The van der Waals surface area contributed by atoms with Crippen molar-refractivity contribution >= 4 is 29.1 Å². The number of hydrogen-bond donors (Lipinski definition) is 2. The molecule has 2 N–H and O–H groups in total. The first-order valence-corrected chi connectivity index (χ1v) is 8.56. The molecule has 0 radical (unpaired) electrons. The molecule has 0 aromatic heterocycles. The molecule has 0 atom stereocenters. The number of carbonyl (C=O) groups is 2. The molecule has 2 aromatic carbocycles. The standard InChI is InChI=1S/C19H21ClN2O5/c1-25-14-4-6-15(7-5-14)27-10-9-21-18(23)12-19(24)22-13-3-8-17(26-2)16(20)11-13/h3-8,11H,9-10,12H2,1-2H3,(H,21,23)(H,22,24). The van der Waals surface area contributed by atoms with E-state index in [1.807, 2.05) is 0 Å². The maximum absolute atomic E-state index is 11.9. The van der Waals surface area contributed by atoms with Crippen molar-refractivity contribution in [3.05, 3.63) is 47.5 Å². The first-order valence-electron chi connectivity index (χ1n) is 8.18. The molecule has 2 rings (SSSR count). The molecule has 0 aliphatic carbocycles. The summed E-state index contributed by atoms with van der Waals surface area (Å²) in [6.07, 6.45) is -0.299. The normalized spacial score (nSPS) is 10.0. The molecule has 0 saturated heterocycles. The van der Waals surface area contributed by atoms with Crippen LogP contribution in [0.15, 0.2) is 42.5 Å². The second-order valence-corrected chi connectivity index (χ2v) is 5.86. The number of ether oxygens (including phenoxy) is 3. The van der Waals surface area contributed by atoms with E-state index in [2.05, 4.69) is 10.6 Å². The van der Waals surface area contributed by atoms with E-state index in [9.17, 15) is 9.59 Å². The van der Waals surface area contributed by atoms with Crippen molar-refractivity contribution in [1.29, 1.82) is 0 Å². The third-order valence-electron chi connectivity index (χ3n) is 3.51. The monoisotopic (exact) mass is 392 g/mol. The number of anilines is 1. The van der Waals surface area contributed by atoms with Gasteiger partial charge < -0.3 is 24.8 Å². The highest BCUT2D eigenvalue weighted by atomic mass is 35.5. The predicted octanol–water partition coefficient (Wildman–Crippen LogP) is 2.88. The number of methoxy groups -OCH3 is 2. The Hall–Kier alpha value is -2.93. The summed E-state index contributed by atoms with van der Waals surface area (Å²) in [6.45, 7) is 0.570. The lowest BCUT2D eigenvalue weighted by Crippen LogP contribution is -2.31. The van der Waals surface area contributed by atoms with Gasteiger partial charge in [-0.15, -0.1) is 0 Å². The first kappa shape index (κ1) is 20.4. The number of amides is 2. The molecule has 8 heteroatoms. The highest BCUT2D eigenvalue weighted by Gasteiger charge is 2.10. The molecule has 0 spiro atoms. The maximum atomic E-state index is 11.9. The summed E-state index contributed by atoms with van der Waals surface area (Å²) in [5.74, 6) is 1.07. The van der Waals surface area contributed by atoms with Gasteiger partial charge in [-0.05, 0) is 42.5 Å². The highest BCUT2D eigenvalue weighted by molar-refractivity contribution is 6.32. The third kappa shape index (κ3) is 6.71. The van der Waals surface area contributed by atoms with Gasteiger partial charge in [-0.25, -0.2) is 0 Å². The Labute approximate surface area is 162 Å². The van der Waals surface area contributed by atoms with E-state index >= 15 is 0 Å². The fourth-order valence-electron chi connectivity index (χ4n) is 2.19. The minimum atomic E-state index is -0.440. The van der Waals surface area contributed by atoms with Crippen LogP contribution in [0.5, 0.6) is 17.2 Å². The molecule has 144 valence electrons. The Balaban J connectivity index is 1.68. The zero-order valence-electron chi connectivity index (χ0n) is 15.1. The van der Waals surface area contributed by atoms with E-state index in [1.165, 1.54) is 7.11 Å². The second-order valence-electron chi connectivity index (χ2n) is 5.45. The molecule has 0 heterocycles. The van der Waals surface area contributed by atoms with Crippen molar-refractivity contribution in [2.24, 2.45) is 0 Å². The van der Waals surface area contributed by atoms with Crippen molar-refractivity contribution in [1.82, 2.24) is 5.32 Å². The quantitative estimate of drug-likeness (QED) is 0.506. The zero-order valence-corrected chi connectivity index (χ0v) is 15.8. The lowest BCUT2D eigenvalue weighted by Gasteiger charge is -2.09. The van der Waals surface area contributed by atoms with Gasteiger partial charge in [-0.2, -0.15) is 0 Å². The van der Waals surface area contributed by atoms with E-state index in [0.29, 0.717) is 22.2 Å². The smallest absolute Gasteiger partial charge is 0.233 e. The molecular formula is C19H21ClN2O5. The molecule has 27 heavy (non-hydrogen) atoms. The van der Waals surface area contributed by atoms with Gasteiger partial charge in [0.2, 0.25) is 11.8 Å². The van der Waals surface area contributed by atoms with Crippen LogP contribution in [-0.4, -0.2) is 39.2 Å². The lowest BCUT2D eigenvalue weighted by molar-refractivity contribution is -0.126. The molecule has 0 aliphatic rings. The van der Waals surface area contributed by atoms with Crippen LogP contribution in [0, 0.1) is 0 Å². The molecule has 7 nitrogen and oxygen atoms in total. The van der Waals surface area contributed by atoms with Crippen LogP contribution in [-0.2, 0) is 9.59 Å². The molecule has 2 aromatic rings. The van der Waals surface area contributed by atoms with Crippen LogP contribution in [0.25, 0.3) is 0 Å². The number of hydrogen-bond acceptors (Lipinski definition) is 5. The lowest BCUT2D eigenvalue weighted by atomic mass is 10.3. The van der Waals surface area contributed by atoms with Crippen LogP contribution in [0.4, 0.5) is 5.69 Å². The number of nitrogens with one attached hydrogen (secondary N) is 2. The molecule has 0 bridgehead atoms. The Kier molecular flexibility index (Phi) is 7.76. The topological polar surface area (TPSA) is 85.9 Å². The van der Waals surface area contributed by atoms with Gasteiger partial charge in [0.1, 0.15) is 30.3 Å². The van der Waals surface area contributed by atoms with Gasteiger partial charge in [-0.1, -0.05) is 11.6 Å². The van der Waals surface area contributed by atoms with E-state index in [0.717, 1.165) is 5.75 Å².